The van der Waals surface area contributed by atoms with Crippen LogP contribution >= 0.6 is 11.6 Å². The Labute approximate surface area is 93.8 Å². The number of anilines is 1. The van der Waals surface area contributed by atoms with Gasteiger partial charge in [0.1, 0.15) is 5.15 Å². The molecule has 1 amide bonds. The molecule has 15 heavy (non-hydrogen) atoms. The van der Waals surface area contributed by atoms with Crippen LogP contribution in [0.15, 0.2) is 18.3 Å². The van der Waals surface area contributed by atoms with E-state index in [1.165, 1.54) is 6.20 Å². The summed E-state index contributed by atoms with van der Waals surface area (Å²) < 4.78 is 0. The smallest absolute Gasteiger partial charge is 0.228 e. The third-order valence-corrected chi connectivity index (χ3v) is 2.42. The Morgan fingerprint density at radius 2 is 2.20 bits per heavy atom. The fourth-order valence-electron chi connectivity index (χ4n) is 0.945. The minimum absolute atomic E-state index is 0.117. The standard InChI is InChI=1S/C10H14ClN3O/c1-6(7(2)12)10(15)14-8-3-4-9(11)13-5-8/h3-7H,12H2,1-2H3,(H,14,15). The van der Waals surface area contributed by atoms with Crippen molar-refractivity contribution in [1.82, 2.24) is 4.98 Å². The molecule has 0 aliphatic rings. The first kappa shape index (κ1) is 11.9. The monoisotopic (exact) mass is 227 g/mol. The van der Waals surface area contributed by atoms with E-state index in [0.29, 0.717) is 10.8 Å². The molecule has 2 unspecified atom stereocenters. The highest BCUT2D eigenvalue weighted by atomic mass is 35.5. The number of nitrogens with zero attached hydrogens (tertiary/aromatic N) is 1. The maximum absolute atomic E-state index is 11.6. The number of pyridine rings is 1. The SMILES string of the molecule is CC(N)C(C)C(=O)Nc1ccc(Cl)nc1. The quantitative estimate of drug-likeness (QED) is 0.772. The van der Waals surface area contributed by atoms with E-state index in [-0.39, 0.29) is 17.9 Å². The van der Waals surface area contributed by atoms with Gasteiger partial charge in [0, 0.05) is 6.04 Å². The highest BCUT2D eigenvalue weighted by Gasteiger charge is 2.16. The molecule has 1 aromatic heterocycles. The lowest BCUT2D eigenvalue weighted by Gasteiger charge is -2.14. The molecule has 0 bridgehead atoms. The van der Waals surface area contributed by atoms with Gasteiger partial charge in [0.15, 0.2) is 0 Å². The lowest BCUT2D eigenvalue weighted by molar-refractivity contribution is -0.119. The van der Waals surface area contributed by atoms with Crippen LogP contribution in [0.1, 0.15) is 13.8 Å². The number of hydrogen-bond acceptors (Lipinski definition) is 3. The molecule has 3 N–H and O–H groups in total. The number of hydrogen-bond donors (Lipinski definition) is 2. The molecule has 0 radical (unpaired) electrons. The van der Waals surface area contributed by atoms with Crippen molar-refractivity contribution in [3.8, 4) is 0 Å². The Kier molecular flexibility index (Phi) is 4.05. The molecule has 0 spiro atoms. The second-order valence-corrected chi connectivity index (χ2v) is 3.89. The molecule has 0 saturated heterocycles. The summed E-state index contributed by atoms with van der Waals surface area (Å²) in [6.45, 7) is 3.58. The summed E-state index contributed by atoms with van der Waals surface area (Å²) in [5, 5.41) is 3.11. The van der Waals surface area contributed by atoms with Crippen molar-refractivity contribution in [3.05, 3.63) is 23.5 Å². The van der Waals surface area contributed by atoms with Crippen molar-refractivity contribution in [2.45, 2.75) is 19.9 Å². The van der Waals surface area contributed by atoms with Crippen LogP contribution in [0.5, 0.6) is 0 Å². The number of amides is 1. The third kappa shape index (κ3) is 3.49. The van der Waals surface area contributed by atoms with Crippen molar-refractivity contribution in [2.75, 3.05) is 5.32 Å². The van der Waals surface area contributed by atoms with Gasteiger partial charge in [-0.2, -0.15) is 0 Å². The van der Waals surface area contributed by atoms with Crippen LogP contribution < -0.4 is 11.1 Å². The van der Waals surface area contributed by atoms with Crippen LogP contribution in [0.25, 0.3) is 0 Å². The van der Waals surface area contributed by atoms with Crippen molar-refractivity contribution in [1.29, 1.82) is 0 Å². The molecular weight excluding hydrogens is 214 g/mol. The minimum Gasteiger partial charge on any atom is -0.327 e. The Hall–Kier alpha value is -1.13. The van der Waals surface area contributed by atoms with E-state index in [2.05, 4.69) is 10.3 Å². The zero-order valence-electron chi connectivity index (χ0n) is 8.70. The van der Waals surface area contributed by atoms with Gasteiger partial charge in [-0.15, -0.1) is 0 Å². The fourth-order valence-corrected chi connectivity index (χ4v) is 1.06. The zero-order chi connectivity index (χ0) is 11.4. The molecule has 1 aromatic rings. The number of nitrogens with one attached hydrogen (secondary N) is 1. The van der Waals surface area contributed by atoms with Crippen molar-refractivity contribution >= 4 is 23.2 Å². The third-order valence-electron chi connectivity index (χ3n) is 2.20. The van der Waals surface area contributed by atoms with Gasteiger partial charge in [-0.1, -0.05) is 18.5 Å². The van der Waals surface area contributed by atoms with Crippen molar-refractivity contribution in [2.24, 2.45) is 11.7 Å². The Balaban J connectivity index is 2.62. The lowest BCUT2D eigenvalue weighted by atomic mass is 10.0. The molecule has 0 aliphatic carbocycles. The maximum Gasteiger partial charge on any atom is 0.228 e. The van der Waals surface area contributed by atoms with Gasteiger partial charge < -0.3 is 11.1 Å². The molecule has 1 rings (SSSR count). The summed E-state index contributed by atoms with van der Waals surface area (Å²) in [5.41, 5.74) is 6.24. The molecular formula is C10H14ClN3O. The van der Waals surface area contributed by atoms with Crippen molar-refractivity contribution < 1.29 is 4.79 Å². The van der Waals surface area contributed by atoms with E-state index < -0.39 is 0 Å². The Morgan fingerprint density at radius 3 is 2.67 bits per heavy atom. The Bertz CT molecular complexity index is 337. The number of halogens is 1. The molecule has 0 saturated carbocycles. The largest absolute Gasteiger partial charge is 0.327 e. The minimum atomic E-state index is -0.235. The van der Waals surface area contributed by atoms with Crippen LogP contribution in [0.2, 0.25) is 5.15 Å². The fraction of sp³-hybridized carbons (Fsp3) is 0.400. The van der Waals surface area contributed by atoms with Crippen LogP contribution in [0.3, 0.4) is 0 Å². The van der Waals surface area contributed by atoms with Gasteiger partial charge in [0.05, 0.1) is 17.8 Å². The zero-order valence-corrected chi connectivity index (χ0v) is 9.45. The summed E-state index contributed by atoms with van der Waals surface area (Å²) in [7, 11) is 0. The lowest BCUT2D eigenvalue weighted by Crippen LogP contribution is -2.34. The molecule has 82 valence electrons. The van der Waals surface area contributed by atoms with E-state index in [9.17, 15) is 4.79 Å². The van der Waals surface area contributed by atoms with Crippen LogP contribution in [-0.2, 0) is 4.79 Å². The molecule has 0 aromatic carbocycles. The van der Waals surface area contributed by atoms with Crippen LogP contribution in [0.4, 0.5) is 5.69 Å². The summed E-state index contributed by atoms with van der Waals surface area (Å²) in [6, 6.07) is 3.14. The van der Waals surface area contributed by atoms with Gasteiger partial charge in [0.25, 0.3) is 0 Å². The van der Waals surface area contributed by atoms with Gasteiger partial charge in [-0.05, 0) is 19.1 Å². The van der Waals surface area contributed by atoms with Gasteiger partial charge in [-0.25, -0.2) is 4.98 Å². The first-order valence-corrected chi connectivity index (χ1v) is 5.06. The number of rotatable bonds is 3. The molecule has 2 atom stereocenters. The van der Waals surface area contributed by atoms with Crippen molar-refractivity contribution in [3.63, 3.8) is 0 Å². The van der Waals surface area contributed by atoms with Gasteiger partial charge in [-0.3, -0.25) is 4.79 Å². The second-order valence-electron chi connectivity index (χ2n) is 3.51. The number of carbonyl (C=O) groups excluding carboxylic acids is 1. The summed E-state index contributed by atoms with van der Waals surface area (Å²) >= 11 is 5.62. The molecule has 4 nitrogen and oxygen atoms in total. The first-order valence-electron chi connectivity index (χ1n) is 4.68. The molecule has 0 fully saturated rings. The summed E-state index contributed by atoms with van der Waals surface area (Å²) in [4.78, 5) is 15.4. The molecule has 0 aliphatic heterocycles. The molecule has 1 heterocycles. The highest BCUT2D eigenvalue weighted by molar-refractivity contribution is 6.29. The van der Waals surface area contributed by atoms with E-state index >= 15 is 0 Å². The normalized spacial score (nSPS) is 14.4. The highest BCUT2D eigenvalue weighted by Crippen LogP contribution is 2.11. The Morgan fingerprint density at radius 1 is 1.53 bits per heavy atom. The van der Waals surface area contributed by atoms with E-state index in [4.69, 9.17) is 17.3 Å². The summed E-state index contributed by atoms with van der Waals surface area (Å²) in [6.07, 6.45) is 1.51. The molecule has 5 heteroatoms. The maximum atomic E-state index is 11.6. The predicted octanol–water partition coefficient (Wildman–Crippen LogP) is 1.66. The van der Waals surface area contributed by atoms with Gasteiger partial charge in [0.2, 0.25) is 5.91 Å². The van der Waals surface area contributed by atoms with Gasteiger partial charge >= 0.3 is 0 Å². The average Bonchev–Trinajstić information content (AvgIpc) is 2.20. The van der Waals surface area contributed by atoms with Crippen LogP contribution in [-0.4, -0.2) is 16.9 Å². The number of aromatic nitrogens is 1. The van der Waals surface area contributed by atoms with Crippen LogP contribution in [0, 0.1) is 5.92 Å². The van der Waals surface area contributed by atoms with E-state index in [1.807, 2.05) is 0 Å². The van der Waals surface area contributed by atoms with E-state index in [1.54, 1.807) is 26.0 Å². The summed E-state index contributed by atoms with van der Waals surface area (Å²) in [5.74, 6) is -0.352. The second kappa shape index (κ2) is 5.09. The topological polar surface area (TPSA) is 68.0 Å². The first-order chi connectivity index (χ1) is 7.00. The predicted molar refractivity (Wildman–Crippen MR) is 60.7 cm³/mol. The average molecular weight is 228 g/mol. The number of carbonyl (C=O) groups is 1. The van der Waals surface area contributed by atoms with E-state index in [0.717, 1.165) is 0 Å². The number of nitrogens with two attached hydrogens (primary N) is 1.